The number of aromatic nitrogens is 5. The molecule has 0 aliphatic rings. The second-order valence-electron chi connectivity index (χ2n) is 2.91. The van der Waals surface area contributed by atoms with Crippen LogP contribution in [0.3, 0.4) is 0 Å². The van der Waals surface area contributed by atoms with Gasteiger partial charge in [0.2, 0.25) is 0 Å². The van der Waals surface area contributed by atoms with Crippen molar-refractivity contribution < 1.29 is 4.79 Å². The van der Waals surface area contributed by atoms with Gasteiger partial charge in [0.05, 0.1) is 23.7 Å². The summed E-state index contributed by atoms with van der Waals surface area (Å²) in [6.07, 6.45) is 5.75. The monoisotopic (exact) mass is 216 g/mol. The smallest absolute Gasteiger partial charge is 0.257 e. The SMILES string of the molecule is C=C(C(=O)Nc1cn[nH]c1)c1cncnn1. The number of anilines is 1. The van der Waals surface area contributed by atoms with Gasteiger partial charge in [-0.1, -0.05) is 6.58 Å². The summed E-state index contributed by atoms with van der Waals surface area (Å²) in [5, 5.41) is 16.2. The molecule has 0 bridgehead atoms. The predicted octanol–water partition coefficient (Wildman–Crippen LogP) is 0.247. The van der Waals surface area contributed by atoms with Crippen LogP contribution in [0.25, 0.3) is 5.57 Å². The van der Waals surface area contributed by atoms with Gasteiger partial charge < -0.3 is 5.32 Å². The number of rotatable bonds is 3. The van der Waals surface area contributed by atoms with Crippen LogP contribution in [0, 0.1) is 0 Å². The minimum absolute atomic E-state index is 0.196. The number of nitrogens with one attached hydrogen (secondary N) is 2. The van der Waals surface area contributed by atoms with Gasteiger partial charge >= 0.3 is 0 Å². The molecule has 0 aliphatic heterocycles. The first kappa shape index (κ1) is 9.97. The van der Waals surface area contributed by atoms with Crippen molar-refractivity contribution in [2.24, 2.45) is 0 Å². The maximum atomic E-state index is 11.7. The molecule has 0 saturated carbocycles. The zero-order valence-electron chi connectivity index (χ0n) is 8.21. The normalized spacial score (nSPS) is 9.75. The Morgan fingerprint density at radius 1 is 1.44 bits per heavy atom. The molecule has 2 rings (SSSR count). The number of nitrogens with zero attached hydrogens (tertiary/aromatic N) is 4. The Labute approximate surface area is 90.6 Å². The van der Waals surface area contributed by atoms with Crippen molar-refractivity contribution in [2.45, 2.75) is 0 Å². The third-order valence-electron chi connectivity index (χ3n) is 1.82. The van der Waals surface area contributed by atoms with E-state index in [1.54, 1.807) is 6.20 Å². The van der Waals surface area contributed by atoms with Crippen molar-refractivity contribution in [3.05, 3.63) is 37.2 Å². The van der Waals surface area contributed by atoms with Crippen LogP contribution in [0.2, 0.25) is 0 Å². The summed E-state index contributed by atoms with van der Waals surface area (Å²) in [4.78, 5) is 15.4. The van der Waals surface area contributed by atoms with Crippen LogP contribution in [0.5, 0.6) is 0 Å². The fraction of sp³-hybridized carbons (Fsp3) is 0. The van der Waals surface area contributed by atoms with Crippen LogP contribution in [0.15, 0.2) is 31.5 Å². The minimum Gasteiger partial charge on any atom is -0.319 e. The number of amides is 1. The number of carbonyl (C=O) groups excluding carboxylic acids is 1. The van der Waals surface area contributed by atoms with E-state index in [-0.39, 0.29) is 11.5 Å². The average Bonchev–Trinajstić information content (AvgIpc) is 2.82. The molecule has 2 heterocycles. The molecule has 7 nitrogen and oxygen atoms in total. The average molecular weight is 216 g/mol. The maximum absolute atomic E-state index is 11.7. The lowest BCUT2D eigenvalue weighted by molar-refractivity contribution is -0.111. The molecule has 16 heavy (non-hydrogen) atoms. The summed E-state index contributed by atoms with van der Waals surface area (Å²) in [7, 11) is 0. The van der Waals surface area contributed by atoms with Gasteiger partial charge in [0.15, 0.2) is 0 Å². The molecule has 0 saturated heterocycles. The van der Waals surface area contributed by atoms with Crippen molar-refractivity contribution >= 4 is 17.2 Å². The molecular formula is C9H8N6O. The summed E-state index contributed by atoms with van der Waals surface area (Å²) in [5.74, 6) is -0.372. The van der Waals surface area contributed by atoms with Crippen molar-refractivity contribution in [1.29, 1.82) is 0 Å². The van der Waals surface area contributed by atoms with E-state index in [0.717, 1.165) is 0 Å². The third-order valence-corrected chi connectivity index (χ3v) is 1.82. The van der Waals surface area contributed by atoms with Gasteiger partial charge in [0, 0.05) is 6.20 Å². The largest absolute Gasteiger partial charge is 0.319 e. The minimum atomic E-state index is -0.372. The quantitative estimate of drug-likeness (QED) is 0.716. The predicted molar refractivity (Wildman–Crippen MR) is 56.1 cm³/mol. The lowest BCUT2D eigenvalue weighted by atomic mass is 10.2. The zero-order valence-corrected chi connectivity index (χ0v) is 8.21. The molecule has 0 atom stereocenters. The van der Waals surface area contributed by atoms with Crippen LogP contribution < -0.4 is 5.32 Å². The van der Waals surface area contributed by atoms with E-state index in [2.05, 4.69) is 37.3 Å². The second-order valence-corrected chi connectivity index (χ2v) is 2.91. The molecule has 2 aromatic heterocycles. The Morgan fingerprint density at radius 3 is 2.94 bits per heavy atom. The van der Waals surface area contributed by atoms with Crippen LogP contribution in [-0.2, 0) is 4.79 Å². The Morgan fingerprint density at radius 2 is 2.31 bits per heavy atom. The first-order chi connectivity index (χ1) is 7.77. The summed E-state index contributed by atoms with van der Waals surface area (Å²) >= 11 is 0. The van der Waals surface area contributed by atoms with Gasteiger partial charge in [0.25, 0.3) is 5.91 Å². The molecule has 0 radical (unpaired) electrons. The summed E-state index contributed by atoms with van der Waals surface area (Å²) in [6.45, 7) is 3.62. The van der Waals surface area contributed by atoms with E-state index in [4.69, 9.17) is 0 Å². The molecule has 0 fully saturated rings. The van der Waals surface area contributed by atoms with Crippen molar-refractivity contribution in [3.8, 4) is 0 Å². The third kappa shape index (κ3) is 2.08. The van der Waals surface area contributed by atoms with Crippen LogP contribution in [-0.4, -0.2) is 31.3 Å². The fourth-order valence-corrected chi connectivity index (χ4v) is 1.03. The zero-order chi connectivity index (χ0) is 11.4. The molecular weight excluding hydrogens is 208 g/mol. The molecule has 0 aliphatic carbocycles. The van der Waals surface area contributed by atoms with Gasteiger partial charge in [-0.25, -0.2) is 4.98 Å². The van der Waals surface area contributed by atoms with E-state index >= 15 is 0 Å². The van der Waals surface area contributed by atoms with E-state index in [1.165, 1.54) is 18.7 Å². The van der Waals surface area contributed by atoms with Crippen molar-refractivity contribution in [1.82, 2.24) is 25.4 Å². The summed E-state index contributed by atoms with van der Waals surface area (Å²) in [5.41, 5.74) is 1.09. The van der Waals surface area contributed by atoms with E-state index in [9.17, 15) is 4.79 Å². The Bertz CT molecular complexity index is 492. The van der Waals surface area contributed by atoms with Gasteiger partial charge in [0.1, 0.15) is 12.0 Å². The number of hydrogen-bond donors (Lipinski definition) is 2. The molecule has 0 spiro atoms. The molecule has 7 heteroatoms. The number of hydrogen-bond acceptors (Lipinski definition) is 5. The van der Waals surface area contributed by atoms with Crippen molar-refractivity contribution in [2.75, 3.05) is 5.32 Å². The van der Waals surface area contributed by atoms with Gasteiger partial charge in [-0.3, -0.25) is 9.89 Å². The van der Waals surface area contributed by atoms with Gasteiger partial charge in [-0.2, -0.15) is 5.10 Å². The highest BCUT2D eigenvalue weighted by atomic mass is 16.1. The highest BCUT2D eigenvalue weighted by Crippen LogP contribution is 2.10. The molecule has 0 unspecified atom stereocenters. The molecule has 2 N–H and O–H groups in total. The topological polar surface area (TPSA) is 96.5 Å². The molecule has 2 aromatic rings. The summed E-state index contributed by atoms with van der Waals surface area (Å²) < 4.78 is 0. The standard InChI is InChI=1S/C9H8N6O/c1-6(8-4-10-5-13-15-8)9(16)14-7-2-11-12-3-7/h2-5H,1H2,(H,11,12)(H,14,16). The van der Waals surface area contributed by atoms with Crippen LogP contribution in [0.4, 0.5) is 5.69 Å². The Hall–Kier alpha value is -2.57. The summed E-state index contributed by atoms with van der Waals surface area (Å²) in [6, 6.07) is 0. The number of aromatic amines is 1. The van der Waals surface area contributed by atoms with Crippen LogP contribution in [0.1, 0.15) is 5.69 Å². The van der Waals surface area contributed by atoms with Gasteiger partial charge in [-0.05, 0) is 0 Å². The molecule has 1 amide bonds. The Kier molecular flexibility index (Phi) is 2.68. The van der Waals surface area contributed by atoms with Crippen molar-refractivity contribution in [3.63, 3.8) is 0 Å². The van der Waals surface area contributed by atoms with E-state index < -0.39 is 0 Å². The van der Waals surface area contributed by atoms with Gasteiger partial charge in [-0.15, -0.1) is 10.2 Å². The highest BCUT2D eigenvalue weighted by molar-refractivity contribution is 6.23. The lowest BCUT2D eigenvalue weighted by Crippen LogP contribution is -2.13. The fourth-order valence-electron chi connectivity index (χ4n) is 1.03. The molecule has 80 valence electrons. The number of H-pyrrole nitrogens is 1. The number of carbonyl (C=O) groups is 1. The first-order valence-electron chi connectivity index (χ1n) is 4.39. The van der Waals surface area contributed by atoms with E-state index in [1.807, 2.05) is 0 Å². The Balaban J connectivity index is 2.09. The first-order valence-corrected chi connectivity index (χ1v) is 4.39. The lowest BCUT2D eigenvalue weighted by Gasteiger charge is -2.03. The van der Waals surface area contributed by atoms with Crippen LogP contribution >= 0.6 is 0 Å². The highest BCUT2D eigenvalue weighted by Gasteiger charge is 2.11. The van der Waals surface area contributed by atoms with E-state index in [0.29, 0.717) is 11.4 Å². The second kappa shape index (κ2) is 4.30. The molecule has 0 aromatic carbocycles. The maximum Gasteiger partial charge on any atom is 0.257 e.